The molecule has 0 saturated carbocycles. The topological polar surface area (TPSA) is 75.7 Å². The Morgan fingerprint density at radius 2 is 2.00 bits per heavy atom. The summed E-state index contributed by atoms with van der Waals surface area (Å²) in [5.74, 6) is 0.101. The molecule has 0 bridgehead atoms. The van der Waals surface area contributed by atoms with Gasteiger partial charge in [0, 0.05) is 29.2 Å². The predicted octanol–water partition coefficient (Wildman–Crippen LogP) is 3.78. The van der Waals surface area contributed by atoms with E-state index in [0.717, 1.165) is 0 Å². The van der Waals surface area contributed by atoms with E-state index in [9.17, 15) is 13.2 Å². The van der Waals surface area contributed by atoms with Gasteiger partial charge in [-0.25, -0.2) is 8.42 Å². The van der Waals surface area contributed by atoms with E-state index in [2.05, 4.69) is 5.32 Å². The fourth-order valence-corrected chi connectivity index (χ4v) is 5.74. The number of ether oxygens (including phenoxy) is 1. The van der Waals surface area contributed by atoms with Crippen LogP contribution in [0.15, 0.2) is 41.3 Å². The number of rotatable bonds is 6. The minimum Gasteiger partial charge on any atom is -0.497 e. The van der Waals surface area contributed by atoms with Crippen molar-refractivity contribution in [3.63, 3.8) is 0 Å². The Morgan fingerprint density at radius 3 is 2.69 bits per heavy atom. The largest absolute Gasteiger partial charge is 0.497 e. The number of hydrogen-bond donors (Lipinski definition) is 1. The van der Waals surface area contributed by atoms with Crippen LogP contribution >= 0.6 is 23.2 Å². The second-order valence-corrected chi connectivity index (χ2v) is 9.56. The maximum absolute atomic E-state index is 13.3. The van der Waals surface area contributed by atoms with E-state index in [1.807, 2.05) is 0 Å². The molecule has 0 radical (unpaired) electrons. The summed E-state index contributed by atoms with van der Waals surface area (Å²) in [5.41, 5.74) is 1.31. The van der Waals surface area contributed by atoms with Gasteiger partial charge in [-0.1, -0.05) is 35.3 Å². The molecule has 0 aromatic heterocycles. The third-order valence-corrected chi connectivity index (χ3v) is 7.59. The first-order chi connectivity index (χ1) is 13.7. The SMILES string of the molecule is COc1ccc(C)c(S(=O)(=O)N2CCC[C@@H]2C(=O)NCc2ccc(Cl)cc2Cl)c1. The Labute approximate surface area is 180 Å². The van der Waals surface area contributed by atoms with Crippen LogP contribution in [0.5, 0.6) is 5.75 Å². The van der Waals surface area contributed by atoms with Gasteiger partial charge in [-0.3, -0.25) is 4.79 Å². The molecule has 1 saturated heterocycles. The molecule has 1 atom stereocenters. The van der Waals surface area contributed by atoms with Crippen LogP contribution < -0.4 is 10.1 Å². The summed E-state index contributed by atoms with van der Waals surface area (Å²) >= 11 is 12.0. The highest BCUT2D eigenvalue weighted by atomic mass is 35.5. The second kappa shape index (κ2) is 8.92. The fourth-order valence-electron chi connectivity index (χ4n) is 3.37. The molecule has 1 amide bonds. The maximum Gasteiger partial charge on any atom is 0.244 e. The quantitative estimate of drug-likeness (QED) is 0.717. The Morgan fingerprint density at radius 1 is 1.24 bits per heavy atom. The van der Waals surface area contributed by atoms with Gasteiger partial charge in [-0.2, -0.15) is 4.31 Å². The van der Waals surface area contributed by atoms with E-state index in [1.54, 1.807) is 37.3 Å². The van der Waals surface area contributed by atoms with Gasteiger partial charge >= 0.3 is 0 Å². The summed E-state index contributed by atoms with van der Waals surface area (Å²) in [4.78, 5) is 12.9. The molecule has 0 aliphatic carbocycles. The highest BCUT2D eigenvalue weighted by molar-refractivity contribution is 7.89. The van der Waals surface area contributed by atoms with E-state index in [0.29, 0.717) is 46.3 Å². The monoisotopic (exact) mass is 456 g/mol. The Bertz CT molecular complexity index is 1030. The molecule has 29 heavy (non-hydrogen) atoms. The summed E-state index contributed by atoms with van der Waals surface area (Å²) in [6, 6.07) is 9.14. The predicted molar refractivity (Wildman–Crippen MR) is 113 cm³/mol. The van der Waals surface area contributed by atoms with Crippen LogP contribution in [0.2, 0.25) is 10.0 Å². The van der Waals surface area contributed by atoms with Crippen LogP contribution in [-0.4, -0.2) is 38.3 Å². The zero-order valence-electron chi connectivity index (χ0n) is 16.1. The van der Waals surface area contributed by atoms with Crippen molar-refractivity contribution >= 4 is 39.1 Å². The summed E-state index contributed by atoms with van der Waals surface area (Å²) in [6.45, 7) is 2.20. The van der Waals surface area contributed by atoms with Gasteiger partial charge in [-0.05, 0) is 49.1 Å². The van der Waals surface area contributed by atoms with Crippen molar-refractivity contribution in [3.05, 3.63) is 57.6 Å². The lowest BCUT2D eigenvalue weighted by molar-refractivity contribution is -0.124. The van der Waals surface area contributed by atoms with Crippen molar-refractivity contribution in [3.8, 4) is 5.75 Å². The number of carbonyl (C=O) groups excluding carboxylic acids is 1. The fraction of sp³-hybridized carbons (Fsp3) is 0.350. The molecule has 0 spiro atoms. The Balaban J connectivity index is 1.79. The van der Waals surface area contributed by atoms with Gasteiger partial charge in [0.1, 0.15) is 11.8 Å². The first kappa shape index (κ1) is 21.9. The molecule has 2 aromatic rings. The van der Waals surface area contributed by atoms with Crippen LogP contribution in [0.3, 0.4) is 0 Å². The van der Waals surface area contributed by atoms with Crippen LogP contribution in [0.4, 0.5) is 0 Å². The summed E-state index contributed by atoms with van der Waals surface area (Å²) in [6.07, 6.45) is 1.07. The number of methoxy groups -OCH3 is 1. The van der Waals surface area contributed by atoms with E-state index in [-0.39, 0.29) is 17.3 Å². The van der Waals surface area contributed by atoms with Gasteiger partial charge in [-0.15, -0.1) is 0 Å². The molecule has 6 nitrogen and oxygen atoms in total. The van der Waals surface area contributed by atoms with Crippen LogP contribution in [0, 0.1) is 6.92 Å². The van der Waals surface area contributed by atoms with Crippen LogP contribution in [0.25, 0.3) is 0 Å². The minimum atomic E-state index is -3.84. The average molecular weight is 457 g/mol. The molecule has 1 aliphatic heterocycles. The number of halogens is 2. The maximum atomic E-state index is 13.3. The average Bonchev–Trinajstić information content (AvgIpc) is 3.18. The normalized spacial score (nSPS) is 17.3. The van der Waals surface area contributed by atoms with Gasteiger partial charge in [0.2, 0.25) is 15.9 Å². The van der Waals surface area contributed by atoms with Crippen molar-refractivity contribution in [1.29, 1.82) is 0 Å². The summed E-state index contributed by atoms with van der Waals surface area (Å²) in [5, 5.41) is 3.75. The first-order valence-corrected chi connectivity index (χ1v) is 11.3. The first-order valence-electron chi connectivity index (χ1n) is 9.12. The van der Waals surface area contributed by atoms with Crippen molar-refractivity contribution < 1.29 is 17.9 Å². The molecule has 3 rings (SSSR count). The van der Waals surface area contributed by atoms with Crippen molar-refractivity contribution in [1.82, 2.24) is 9.62 Å². The second-order valence-electron chi connectivity index (χ2n) is 6.86. The number of aryl methyl sites for hydroxylation is 1. The van der Waals surface area contributed by atoms with Gasteiger partial charge in [0.25, 0.3) is 0 Å². The van der Waals surface area contributed by atoms with Crippen molar-refractivity contribution in [2.24, 2.45) is 0 Å². The van der Waals surface area contributed by atoms with Crippen molar-refractivity contribution in [2.45, 2.75) is 37.2 Å². The number of sulfonamides is 1. The number of carbonyl (C=O) groups is 1. The highest BCUT2D eigenvalue weighted by Crippen LogP contribution is 2.30. The van der Waals surface area contributed by atoms with Gasteiger partial charge < -0.3 is 10.1 Å². The lowest BCUT2D eigenvalue weighted by atomic mass is 10.2. The molecular formula is C20H22Cl2N2O4S. The number of amides is 1. The van der Waals surface area contributed by atoms with Gasteiger partial charge in [0.15, 0.2) is 0 Å². The molecular weight excluding hydrogens is 435 g/mol. The molecule has 1 fully saturated rings. The molecule has 1 heterocycles. The molecule has 0 unspecified atom stereocenters. The van der Waals surface area contributed by atoms with E-state index < -0.39 is 16.1 Å². The lowest BCUT2D eigenvalue weighted by Gasteiger charge is -2.24. The van der Waals surface area contributed by atoms with E-state index in [1.165, 1.54) is 17.5 Å². The highest BCUT2D eigenvalue weighted by Gasteiger charge is 2.40. The van der Waals surface area contributed by atoms with E-state index >= 15 is 0 Å². The third-order valence-electron chi connectivity index (χ3n) is 4.96. The molecule has 1 N–H and O–H groups in total. The minimum absolute atomic E-state index is 0.150. The Hall–Kier alpha value is -1.80. The number of nitrogens with one attached hydrogen (secondary N) is 1. The molecule has 2 aromatic carbocycles. The number of benzene rings is 2. The van der Waals surface area contributed by atoms with Crippen molar-refractivity contribution in [2.75, 3.05) is 13.7 Å². The number of hydrogen-bond acceptors (Lipinski definition) is 4. The third kappa shape index (κ3) is 4.69. The number of nitrogens with zero attached hydrogens (tertiary/aromatic N) is 1. The van der Waals surface area contributed by atoms with Gasteiger partial charge in [0.05, 0.1) is 12.0 Å². The van der Waals surface area contributed by atoms with E-state index in [4.69, 9.17) is 27.9 Å². The zero-order chi connectivity index (χ0) is 21.2. The van der Waals surface area contributed by atoms with Crippen LogP contribution in [-0.2, 0) is 21.4 Å². The lowest BCUT2D eigenvalue weighted by Crippen LogP contribution is -2.45. The van der Waals surface area contributed by atoms with Crippen LogP contribution in [0.1, 0.15) is 24.0 Å². The molecule has 1 aliphatic rings. The summed E-state index contributed by atoms with van der Waals surface area (Å²) in [7, 11) is -2.36. The zero-order valence-corrected chi connectivity index (χ0v) is 18.4. The standard InChI is InChI=1S/C20H22Cl2N2O4S/c1-13-5-8-16(28-2)11-19(13)29(26,27)24-9-3-4-18(24)20(25)23-12-14-6-7-15(21)10-17(14)22/h5-8,10-11,18H,3-4,9,12H2,1-2H3,(H,23,25)/t18-/m1/s1. The molecule has 156 valence electrons. The smallest absolute Gasteiger partial charge is 0.244 e. The molecule has 9 heteroatoms. The Kier molecular flexibility index (Phi) is 6.73. The summed E-state index contributed by atoms with van der Waals surface area (Å²) < 4.78 is 33.0.